The number of ether oxygens (including phenoxy) is 4. The summed E-state index contributed by atoms with van der Waals surface area (Å²) >= 11 is 1.39. The molecule has 0 atom stereocenters. The van der Waals surface area contributed by atoms with Gasteiger partial charge in [0, 0.05) is 12.1 Å². The maximum atomic E-state index is 12.7. The molecule has 0 radical (unpaired) electrons. The van der Waals surface area contributed by atoms with E-state index in [4.69, 9.17) is 18.9 Å². The van der Waals surface area contributed by atoms with Crippen molar-refractivity contribution < 1.29 is 23.7 Å². The molecular weight excluding hydrogens is 368 g/mol. The quantitative estimate of drug-likeness (QED) is 0.689. The monoisotopic (exact) mass is 386 g/mol. The molecule has 140 valence electrons. The highest BCUT2D eigenvalue weighted by Crippen LogP contribution is 2.35. The van der Waals surface area contributed by atoms with Gasteiger partial charge in [0.2, 0.25) is 6.79 Å². The molecule has 2 aromatic carbocycles. The Morgan fingerprint density at radius 1 is 1.15 bits per heavy atom. The lowest BCUT2D eigenvalue weighted by molar-refractivity contribution is 0.0997. The van der Waals surface area contributed by atoms with Crippen LogP contribution in [0.4, 0.5) is 0 Å². The highest BCUT2D eigenvalue weighted by Gasteiger charge is 2.18. The number of thiazole rings is 1. The van der Waals surface area contributed by atoms with Gasteiger partial charge < -0.3 is 23.5 Å². The van der Waals surface area contributed by atoms with E-state index in [2.05, 4.69) is 4.99 Å². The second-order valence-corrected chi connectivity index (χ2v) is 6.74. The topological polar surface area (TPSA) is 71.3 Å². The molecule has 2 heterocycles. The van der Waals surface area contributed by atoms with Gasteiger partial charge in [0.1, 0.15) is 21.7 Å². The third kappa shape index (κ3) is 2.91. The fourth-order valence-electron chi connectivity index (χ4n) is 3.01. The Labute approximate surface area is 159 Å². The van der Waals surface area contributed by atoms with Gasteiger partial charge in [-0.25, -0.2) is 0 Å². The van der Waals surface area contributed by atoms with Crippen molar-refractivity contribution in [2.75, 3.05) is 21.0 Å². The number of rotatable bonds is 4. The molecule has 4 rings (SSSR count). The summed E-state index contributed by atoms with van der Waals surface area (Å²) in [6.45, 7) is 2.79. The van der Waals surface area contributed by atoms with E-state index in [-0.39, 0.29) is 12.7 Å². The van der Waals surface area contributed by atoms with E-state index in [0.29, 0.717) is 34.2 Å². The number of methoxy groups -OCH3 is 2. The predicted molar refractivity (Wildman–Crippen MR) is 101 cm³/mol. The first kappa shape index (κ1) is 17.4. The average Bonchev–Trinajstić information content (AvgIpc) is 3.30. The van der Waals surface area contributed by atoms with Gasteiger partial charge in [0.15, 0.2) is 16.3 Å². The number of aryl methyl sites for hydroxylation is 1. The summed E-state index contributed by atoms with van der Waals surface area (Å²) in [4.78, 5) is 17.7. The lowest BCUT2D eigenvalue weighted by atomic mass is 10.2. The van der Waals surface area contributed by atoms with Crippen molar-refractivity contribution in [1.29, 1.82) is 0 Å². The van der Waals surface area contributed by atoms with Crippen LogP contribution in [0.15, 0.2) is 35.3 Å². The predicted octanol–water partition coefficient (Wildman–Crippen LogP) is 3.21. The maximum Gasteiger partial charge on any atom is 0.279 e. The molecule has 3 aromatic rings. The molecule has 8 heteroatoms. The summed E-state index contributed by atoms with van der Waals surface area (Å²) in [7, 11) is 3.24. The third-order valence-corrected chi connectivity index (χ3v) is 5.42. The maximum absolute atomic E-state index is 12.7. The zero-order valence-electron chi connectivity index (χ0n) is 15.1. The number of hydrogen-bond donors (Lipinski definition) is 0. The second-order valence-electron chi connectivity index (χ2n) is 5.76. The first-order chi connectivity index (χ1) is 13.2. The van der Waals surface area contributed by atoms with Gasteiger partial charge in [-0.2, -0.15) is 4.99 Å². The van der Waals surface area contributed by atoms with E-state index in [0.717, 1.165) is 16.0 Å². The van der Waals surface area contributed by atoms with Crippen LogP contribution in [0, 0.1) is 0 Å². The zero-order valence-corrected chi connectivity index (χ0v) is 16.0. The van der Waals surface area contributed by atoms with Crippen molar-refractivity contribution >= 4 is 27.5 Å². The summed E-state index contributed by atoms with van der Waals surface area (Å²) in [5, 5.41) is 0. The van der Waals surface area contributed by atoms with Crippen LogP contribution in [-0.4, -0.2) is 31.5 Å². The molecule has 1 aliphatic rings. The normalized spacial score (nSPS) is 13.2. The van der Waals surface area contributed by atoms with Gasteiger partial charge in [-0.05, 0) is 37.3 Å². The standard InChI is InChI=1S/C19H18N2O5S/c1-4-21-16-13(23-2)7-8-14(24-3)17(16)27-19(21)20-18(22)11-5-6-12-15(9-11)26-10-25-12/h5-9H,4,10H2,1-3H3. The molecule has 0 bridgehead atoms. The van der Waals surface area contributed by atoms with Crippen LogP contribution in [0.3, 0.4) is 0 Å². The smallest absolute Gasteiger partial charge is 0.279 e. The van der Waals surface area contributed by atoms with Gasteiger partial charge in [0.05, 0.1) is 14.2 Å². The van der Waals surface area contributed by atoms with Crippen molar-refractivity contribution in [3.63, 3.8) is 0 Å². The van der Waals surface area contributed by atoms with Crippen LogP contribution in [-0.2, 0) is 6.54 Å². The Hall–Kier alpha value is -3.00. The lowest BCUT2D eigenvalue weighted by Crippen LogP contribution is -2.16. The van der Waals surface area contributed by atoms with Crippen molar-refractivity contribution in [1.82, 2.24) is 4.57 Å². The molecular formula is C19H18N2O5S. The molecule has 7 nitrogen and oxygen atoms in total. The Morgan fingerprint density at radius 3 is 2.63 bits per heavy atom. The summed E-state index contributed by atoms with van der Waals surface area (Å²) in [6, 6.07) is 8.75. The number of amides is 1. The first-order valence-corrected chi connectivity index (χ1v) is 9.21. The van der Waals surface area contributed by atoms with E-state index in [1.165, 1.54) is 11.3 Å². The molecule has 0 saturated heterocycles. The Morgan fingerprint density at radius 2 is 1.89 bits per heavy atom. The number of benzene rings is 2. The molecule has 0 saturated carbocycles. The van der Waals surface area contributed by atoms with Crippen molar-refractivity contribution in [3.8, 4) is 23.0 Å². The number of hydrogen-bond acceptors (Lipinski definition) is 6. The zero-order chi connectivity index (χ0) is 19.0. The summed E-state index contributed by atoms with van der Waals surface area (Å²) in [5.41, 5.74) is 1.31. The van der Waals surface area contributed by atoms with Crippen LogP contribution in [0.25, 0.3) is 10.2 Å². The average molecular weight is 386 g/mol. The van der Waals surface area contributed by atoms with E-state index in [1.807, 2.05) is 23.6 Å². The number of fused-ring (bicyclic) bond motifs is 2. The van der Waals surface area contributed by atoms with Crippen LogP contribution in [0.2, 0.25) is 0 Å². The Balaban J connectivity index is 1.86. The summed E-state index contributed by atoms with van der Waals surface area (Å²) in [6.07, 6.45) is 0. The van der Waals surface area contributed by atoms with Crippen LogP contribution in [0.5, 0.6) is 23.0 Å². The summed E-state index contributed by atoms with van der Waals surface area (Å²) in [5.74, 6) is 2.27. The second kappa shape index (κ2) is 6.96. The highest BCUT2D eigenvalue weighted by molar-refractivity contribution is 7.16. The van der Waals surface area contributed by atoms with Crippen LogP contribution in [0.1, 0.15) is 17.3 Å². The van der Waals surface area contributed by atoms with E-state index >= 15 is 0 Å². The highest BCUT2D eigenvalue weighted by atomic mass is 32.1. The Bertz CT molecular complexity index is 1100. The fourth-order valence-corrected chi connectivity index (χ4v) is 4.21. The largest absolute Gasteiger partial charge is 0.495 e. The molecule has 0 spiro atoms. The van der Waals surface area contributed by atoms with Crippen molar-refractivity contribution in [2.24, 2.45) is 4.99 Å². The van der Waals surface area contributed by atoms with E-state index in [1.54, 1.807) is 32.4 Å². The van der Waals surface area contributed by atoms with Gasteiger partial charge in [-0.3, -0.25) is 4.79 Å². The van der Waals surface area contributed by atoms with Crippen LogP contribution >= 0.6 is 11.3 Å². The van der Waals surface area contributed by atoms with Gasteiger partial charge in [-0.1, -0.05) is 11.3 Å². The van der Waals surface area contributed by atoms with Crippen molar-refractivity contribution in [2.45, 2.75) is 13.5 Å². The van der Waals surface area contributed by atoms with Gasteiger partial charge >= 0.3 is 0 Å². The van der Waals surface area contributed by atoms with Gasteiger partial charge in [0.25, 0.3) is 5.91 Å². The minimum Gasteiger partial charge on any atom is -0.495 e. The number of carbonyl (C=O) groups excluding carboxylic acids is 1. The lowest BCUT2D eigenvalue weighted by Gasteiger charge is -2.08. The number of nitrogens with zero attached hydrogens (tertiary/aromatic N) is 2. The molecule has 1 aromatic heterocycles. The third-order valence-electron chi connectivity index (χ3n) is 4.33. The fraction of sp³-hybridized carbons (Fsp3) is 0.263. The van der Waals surface area contributed by atoms with Gasteiger partial charge in [-0.15, -0.1) is 0 Å². The first-order valence-electron chi connectivity index (χ1n) is 8.39. The van der Waals surface area contributed by atoms with Crippen molar-refractivity contribution in [3.05, 3.63) is 40.7 Å². The molecule has 0 unspecified atom stereocenters. The minimum atomic E-state index is -0.347. The minimum absolute atomic E-state index is 0.163. The molecule has 0 aliphatic carbocycles. The number of aromatic nitrogens is 1. The van der Waals surface area contributed by atoms with E-state index < -0.39 is 0 Å². The number of carbonyl (C=O) groups is 1. The Kier molecular flexibility index (Phi) is 4.49. The SMILES string of the molecule is CCn1c(=NC(=O)c2ccc3c(c2)OCO3)sc2c(OC)ccc(OC)c21. The molecule has 1 aliphatic heterocycles. The molecule has 1 amide bonds. The molecule has 0 fully saturated rings. The molecule has 27 heavy (non-hydrogen) atoms. The van der Waals surface area contributed by atoms with Crippen LogP contribution < -0.4 is 23.7 Å². The van der Waals surface area contributed by atoms with E-state index in [9.17, 15) is 4.79 Å². The summed E-state index contributed by atoms with van der Waals surface area (Å²) < 4.78 is 24.4. The molecule has 0 N–H and O–H groups in total.